The minimum absolute atomic E-state index is 0.0757. The number of benzene rings is 1. The number of para-hydroxylation sites is 1. The predicted molar refractivity (Wildman–Crippen MR) is 67.8 cm³/mol. The molecule has 19 heavy (non-hydrogen) atoms. The lowest BCUT2D eigenvalue weighted by atomic mass is 10.3. The van der Waals surface area contributed by atoms with Gasteiger partial charge < -0.3 is 5.32 Å². The molecule has 1 amide bonds. The zero-order valence-electron chi connectivity index (χ0n) is 9.65. The van der Waals surface area contributed by atoms with Crippen molar-refractivity contribution in [1.29, 1.82) is 0 Å². The Morgan fingerprint density at radius 2 is 1.95 bits per heavy atom. The summed E-state index contributed by atoms with van der Waals surface area (Å²) in [6, 6.07) is 5.84. The zero-order chi connectivity index (χ0) is 13.9. The summed E-state index contributed by atoms with van der Waals surface area (Å²) in [7, 11) is -3.91. The first-order valence-corrected chi connectivity index (χ1v) is 6.72. The molecule has 0 fully saturated rings. The summed E-state index contributed by atoms with van der Waals surface area (Å²) in [5, 5.41) is 7.50. The molecule has 3 N–H and O–H groups in total. The van der Waals surface area contributed by atoms with Gasteiger partial charge >= 0.3 is 0 Å². The Kier molecular flexibility index (Phi) is 3.54. The first-order chi connectivity index (χ1) is 8.98. The molecule has 0 aliphatic heterocycles. The quantitative estimate of drug-likeness (QED) is 0.842. The van der Waals surface area contributed by atoms with E-state index in [1.165, 1.54) is 36.8 Å². The van der Waals surface area contributed by atoms with Crippen LogP contribution in [0.4, 0.5) is 5.69 Å². The molecule has 1 aromatic carbocycles. The van der Waals surface area contributed by atoms with E-state index >= 15 is 0 Å². The lowest BCUT2D eigenvalue weighted by Gasteiger charge is -2.08. The summed E-state index contributed by atoms with van der Waals surface area (Å²) >= 11 is 0. The van der Waals surface area contributed by atoms with Crippen molar-refractivity contribution in [1.82, 2.24) is 9.97 Å². The number of primary sulfonamides is 1. The number of carbonyl (C=O) groups is 1. The van der Waals surface area contributed by atoms with Crippen LogP contribution in [0.25, 0.3) is 0 Å². The molecule has 0 bridgehead atoms. The second-order valence-electron chi connectivity index (χ2n) is 3.59. The number of anilines is 1. The fourth-order valence-electron chi connectivity index (χ4n) is 1.42. The van der Waals surface area contributed by atoms with Gasteiger partial charge in [0.05, 0.1) is 11.9 Å². The number of nitrogens with zero attached hydrogens (tertiary/aromatic N) is 2. The van der Waals surface area contributed by atoms with Gasteiger partial charge in [-0.2, -0.15) is 0 Å². The van der Waals surface area contributed by atoms with Crippen molar-refractivity contribution in [3.63, 3.8) is 0 Å². The van der Waals surface area contributed by atoms with Crippen molar-refractivity contribution in [2.75, 3.05) is 5.32 Å². The monoisotopic (exact) mass is 278 g/mol. The molecule has 0 saturated heterocycles. The number of aromatic nitrogens is 2. The maximum absolute atomic E-state index is 11.8. The fourth-order valence-corrected chi connectivity index (χ4v) is 2.11. The second-order valence-corrected chi connectivity index (χ2v) is 5.12. The first-order valence-electron chi connectivity index (χ1n) is 5.17. The first kappa shape index (κ1) is 13.1. The highest BCUT2D eigenvalue weighted by atomic mass is 32.2. The van der Waals surface area contributed by atoms with Gasteiger partial charge in [-0.15, -0.1) is 0 Å². The van der Waals surface area contributed by atoms with Crippen LogP contribution in [0.5, 0.6) is 0 Å². The van der Waals surface area contributed by atoms with Gasteiger partial charge in [-0.1, -0.05) is 12.1 Å². The number of hydrogen-bond donors (Lipinski definition) is 2. The minimum Gasteiger partial charge on any atom is -0.319 e. The van der Waals surface area contributed by atoms with Gasteiger partial charge in [-0.25, -0.2) is 18.5 Å². The van der Waals surface area contributed by atoms with E-state index in [-0.39, 0.29) is 16.3 Å². The van der Waals surface area contributed by atoms with Crippen LogP contribution in [0.2, 0.25) is 0 Å². The second kappa shape index (κ2) is 5.12. The molecule has 0 spiro atoms. The summed E-state index contributed by atoms with van der Waals surface area (Å²) in [6.07, 6.45) is 4.06. The Balaban J connectivity index is 2.33. The molecule has 0 aliphatic carbocycles. The number of nitrogens with two attached hydrogens (primary N) is 1. The van der Waals surface area contributed by atoms with Crippen molar-refractivity contribution in [3.8, 4) is 0 Å². The highest BCUT2D eigenvalue weighted by Crippen LogP contribution is 2.19. The van der Waals surface area contributed by atoms with Gasteiger partial charge in [0.25, 0.3) is 5.91 Å². The van der Waals surface area contributed by atoms with Gasteiger partial charge in [-0.3, -0.25) is 9.78 Å². The number of carbonyl (C=O) groups excluding carboxylic acids is 1. The van der Waals surface area contributed by atoms with Crippen LogP contribution in [0.3, 0.4) is 0 Å². The summed E-state index contributed by atoms with van der Waals surface area (Å²) < 4.78 is 22.7. The maximum Gasteiger partial charge on any atom is 0.275 e. The van der Waals surface area contributed by atoms with Crippen molar-refractivity contribution in [3.05, 3.63) is 48.5 Å². The number of nitrogens with one attached hydrogen (secondary N) is 1. The molecule has 98 valence electrons. The van der Waals surface area contributed by atoms with Crippen LogP contribution >= 0.6 is 0 Å². The van der Waals surface area contributed by atoms with Gasteiger partial charge in [0, 0.05) is 12.4 Å². The average molecular weight is 278 g/mol. The summed E-state index contributed by atoms with van der Waals surface area (Å²) in [4.78, 5) is 19.2. The van der Waals surface area contributed by atoms with E-state index in [9.17, 15) is 13.2 Å². The molecule has 0 atom stereocenters. The van der Waals surface area contributed by atoms with Gasteiger partial charge in [0.2, 0.25) is 10.0 Å². The number of amides is 1. The van der Waals surface area contributed by atoms with Crippen molar-refractivity contribution < 1.29 is 13.2 Å². The summed E-state index contributed by atoms with van der Waals surface area (Å²) in [5.74, 6) is -0.566. The Morgan fingerprint density at radius 1 is 1.21 bits per heavy atom. The Hall–Kier alpha value is -2.32. The molecule has 1 aromatic heterocycles. The summed E-state index contributed by atoms with van der Waals surface area (Å²) in [5.41, 5.74) is 0.173. The smallest absolute Gasteiger partial charge is 0.275 e. The highest BCUT2D eigenvalue weighted by Gasteiger charge is 2.16. The van der Waals surface area contributed by atoms with Crippen LogP contribution in [0.1, 0.15) is 10.5 Å². The van der Waals surface area contributed by atoms with Crippen LogP contribution < -0.4 is 10.5 Å². The molecule has 0 unspecified atom stereocenters. The van der Waals surface area contributed by atoms with E-state index < -0.39 is 15.9 Å². The highest BCUT2D eigenvalue weighted by molar-refractivity contribution is 7.89. The van der Waals surface area contributed by atoms with Crippen molar-refractivity contribution in [2.24, 2.45) is 5.14 Å². The van der Waals surface area contributed by atoms with Gasteiger partial charge in [0.1, 0.15) is 10.6 Å². The molecular weight excluding hydrogens is 268 g/mol. The fraction of sp³-hybridized carbons (Fsp3) is 0. The third kappa shape index (κ3) is 3.12. The number of sulfonamides is 1. The standard InChI is InChI=1S/C11H10N4O3S/c12-19(17,18)10-4-2-1-3-8(10)15-11(16)9-7-13-5-6-14-9/h1-7H,(H,15,16)(H2,12,17,18). The van der Waals surface area contributed by atoms with Crippen LogP contribution in [0, 0.1) is 0 Å². The van der Waals surface area contributed by atoms with Gasteiger partial charge in [0.15, 0.2) is 0 Å². The summed E-state index contributed by atoms with van der Waals surface area (Å²) in [6.45, 7) is 0. The minimum atomic E-state index is -3.91. The molecule has 2 rings (SSSR count). The third-order valence-corrected chi connectivity index (χ3v) is 3.21. The van der Waals surface area contributed by atoms with E-state index in [0.717, 1.165) is 0 Å². The molecule has 7 nitrogen and oxygen atoms in total. The van der Waals surface area contributed by atoms with Crippen LogP contribution in [0.15, 0.2) is 47.8 Å². The SMILES string of the molecule is NS(=O)(=O)c1ccccc1NC(=O)c1cnccn1. The lowest BCUT2D eigenvalue weighted by molar-refractivity contribution is 0.102. The largest absolute Gasteiger partial charge is 0.319 e. The Morgan fingerprint density at radius 3 is 2.58 bits per heavy atom. The zero-order valence-corrected chi connectivity index (χ0v) is 10.5. The third-order valence-electron chi connectivity index (χ3n) is 2.24. The molecule has 0 saturated carbocycles. The van der Waals surface area contributed by atoms with E-state index in [2.05, 4.69) is 15.3 Å². The lowest BCUT2D eigenvalue weighted by Crippen LogP contribution is -2.19. The molecule has 0 radical (unpaired) electrons. The predicted octanol–water partition coefficient (Wildman–Crippen LogP) is 0.376. The van der Waals surface area contributed by atoms with Crippen molar-refractivity contribution >= 4 is 21.6 Å². The molecule has 0 aliphatic rings. The maximum atomic E-state index is 11.8. The van der Waals surface area contributed by atoms with Gasteiger partial charge in [-0.05, 0) is 12.1 Å². The molecular formula is C11H10N4O3S. The van der Waals surface area contributed by atoms with Crippen LogP contribution in [-0.4, -0.2) is 24.3 Å². The van der Waals surface area contributed by atoms with E-state index in [0.29, 0.717) is 0 Å². The molecule has 8 heteroatoms. The van der Waals surface area contributed by atoms with Crippen molar-refractivity contribution in [2.45, 2.75) is 4.90 Å². The Bertz CT molecular complexity index is 701. The average Bonchev–Trinajstić information content (AvgIpc) is 2.39. The number of rotatable bonds is 3. The molecule has 1 heterocycles. The number of hydrogen-bond acceptors (Lipinski definition) is 5. The van der Waals surface area contributed by atoms with E-state index in [1.54, 1.807) is 6.07 Å². The molecule has 2 aromatic rings. The van der Waals surface area contributed by atoms with E-state index in [1.807, 2.05) is 0 Å². The van der Waals surface area contributed by atoms with Crippen LogP contribution in [-0.2, 0) is 10.0 Å². The van der Waals surface area contributed by atoms with E-state index in [4.69, 9.17) is 5.14 Å². The normalized spacial score (nSPS) is 11.0. The topological polar surface area (TPSA) is 115 Å². The Labute approximate surface area is 109 Å².